The van der Waals surface area contributed by atoms with Gasteiger partial charge in [0.05, 0.1) is 12.1 Å². The van der Waals surface area contributed by atoms with Crippen LogP contribution in [-0.2, 0) is 11.2 Å². The normalized spacial score (nSPS) is 22.9. The Bertz CT molecular complexity index is 770. The smallest absolute Gasteiger partial charge is 0.264 e. The number of para-hydroxylation sites is 1. The second-order valence-corrected chi connectivity index (χ2v) is 7.50. The van der Waals surface area contributed by atoms with Gasteiger partial charge in [-0.2, -0.15) is 0 Å². The van der Waals surface area contributed by atoms with Crippen LogP contribution in [0, 0.1) is 0 Å². The minimum atomic E-state index is -0.470. The van der Waals surface area contributed by atoms with Crippen LogP contribution in [0.25, 0.3) is 0 Å². The highest BCUT2D eigenvalue weighted by atomic mass is 16.5. The Kier molecular flexibility index (Phi) is 5.14. The number of ether oxygens (including phenoxy) is 1. The number of hydrogen-bond acceptors (Lipinski definition) is 4. The van der Waals surface area contributed by atoms with Gasteiger partial charge in [0.25, 0.3) is 5.91 Å². The number of hydrogen-bond donors (Lipinski definition) is 1. The van der Waals surface area contributed by atoms with Gasteiger partial charge in [-0.15, -0.1) is 0 Å². The van der Waals surface area contributed by atoms with E-state index in [0.29, 0.717) is 19.5 Å². The molecule has 3 atom stereocenters. The Morgan fingerprint density at radius 2 is 1.96 bits per heavy atom. The van der Waals surface area contributed by atoms with Gasteiger partial charge in [0.1, 0.15) is 5.75 Å². The van der Waals surface area contributed by atoms with Gasteiger partial charge in [0.15, 0.2) is 6.10 Å². The van der Waals surface area contributed by atoms with Crippen LogP contribution in [0.2, 0.25) is 0 Å². The quantitative estimate of drug-likeness (QED) is 0.882. The molecule has 2 aliphatic heterocycles. The van der Waals surface area contributed by atoms with Gasteiger partial charge in [-0.25, -0.2) is 0 Å². The van der Waals surface area contributed by atoms with Crippen molar-refractivity contribution in [3.05, 3.63) is 65.7 Å². The molecule has 1 saturated heterocycles. The van der Waals surface area contributed by atoms with Gasteiger partial charge in [0, 0.05) is 33.1 Å². The molecule has 2 aliphatic rings. The Hall–Kier alpha value is -2.37. The highest BCUT2D eigenvalue weighted by Gasteiger charge is 2.35. The first-order valence-electron chi connectivity index (χ1n) is 9.58. The van der Waals surface area contributed by atoms with Crippen molar-refractivity contribution in [3.63, 3.8) is 0 Å². The molecule has 5 nitrogen and oxygen atoms in total. The summed E-state index contributed by atoms with van der Waals surface area (Å²) in [4.78, 5) is 17.2. The highest BCUT2D eigenvalue weighted by Crippen LogP contribution is 2.31. The first-order chi connectivity index (χ1) is 13.1. The van der Waals surface area contributed by atoms with E-state index >= 15 is 0 Å². The molecule has 2 aromatic carbocycles. The predicted molar refractivity (Wildman–Crippen MR) is 104 cm³/mol. The van der Waals surface area contributed by atoms with Gasteiger partial charge in [-0.3, -0.25) is 9.69 Å². The number of carbonyl (C=O) groups is 1. The third-order valence-corrected chi connectivity index (χ3v) is 5.60. The second kappa shape index (κ2) is 7.71. The zero-order valence-corrected chi connectivity index (χ0v) is 15.6. The summed E-state index contributed by atoms with van der Waals surface area (Å²) < 4.78 is 5.92. The molecule has 2 heterocycles. The lowest BCUT2D eigenvalue weighted by Crippen LogP contribution is -2.44. The van der Waals surface area contributed by atoms with Crippen molar-refractivity contribution >= 4 is 5.91 Å². The third-order valence-electron chi connectivity index (χ3n) is 5.60. The van der Waals surface area contributed by atoms with Gasteiger partial charge in [-0.1, -0.05) is 48.5 Å². The Morgan fingerprint density at radius 3 is 2.67 bits per heavy atom. The SMILES string of the molecule is CN(C(=O)[C@@H]1Cc2ccccc2O1)C(CN1CC[C@H](O)C1)c1ccccc1. The zero-order valence-electron chi connectivity index (χ0n) is 15.6. The monoisotopic (exact) mass is 366 g/mol. The fourth-order valence-corrected chi connectivity index (χ4v) is 4.05. The molecule has 0 aromatic heterocycles. The van der Waals surface area contributed by atoms with Gasteiger partial charge in [-0.05, 0) is 23.6 Å². The number of amides is 1. The number of aliphatic hydroxyl groups is 1. The molecule has 2 aromatic rings. The van der Waals surface area contributed by atoms with Crippen LogP contribution in [0.15, 0.2) is 54.6 Å². The lowest BCUT2D eigenvalue weighted by Gasteiger charge is -2.33. The summed E-state index contributed by atoms with van der Waals surface area (Å²) in [6.07, 6.45) is 0.668. The molecule has 1 unspecified atom stereocenters. The van der Waals surface area contributed by atoms with Crippen molar-refractivity contribution in [2.75, 3.05) is 26.7 Å². The molecular weight excluding hydrogens is 340 g/mol. The molecule has 0 saturated carbocycles. The maximum absolute atomic E-state index is 13.2. The molecule has 0 aliphatic carbocycles. The molecule has 4 rings (SSSR count). The van der Waals surface area contributed by atoms with Crippen LogP contribution in [0.5, 0.6) is 5.75 Å². The Labute approximate surface area is 160 Å². The summed E-state index contributed by atoms with van der Waals surface area (Å²) in [5.41, 5.74) is 2.19. The molecule has 1 fully saturated rings. The summed E-state index contributed by atoms with van der Waals surface area (Å²) in [5, 5.41) is 9.86. The molecule has 142 valence electrons. The fraction of sp³-hybridized carbons (Fsp3) is 0.409. The van der Waals surface area contributed by atoms with E-state index in [-0.39, 0.29) is 18.1 Å². The zero-order chi connectivity index (χ0) is 18.8. The molecule has 1 N–H and O–H groups in total. The first-order valence-corrected chi connectivity index (χ1v) is 9.58. The largest absolute Gasteiger partial charge is 0.480 e. The van der Waals surface area contributed by atoms with Gasteiger partial charge < -0.3 is 14.7 Å². The number of aliphatic hydroxyl groups excluding tert-OH is 1. The average Bonchev–Trinajstić information content (AvgIpc) is 3.31. The van der Waals surface area contributed by atoms with Gasteiger partial charge >= 0.3 is 0 Å². The number of benzene rings is 2. The number of β-amino-alcohol motifs (C(OH)–C–C–N with tert-alkyl or cyclic N) is 1. The molecule has 0 bridgehead atoms. The lowest BCUT2D eigenvalue weighted by molar-refractivity contribution is -0.139. The van der Waals surface area contributed by atoms with Gasteiger partial charge in [0.2, 0.25) is 0 Å². The minimum absolute atomic E-state index is 0.000187. The van der Waals surface area contributed by atoms with E-state index in [0.717, 1.165) is 29.8 Å². The lowest BCUT2D eigenvalue weighted by atomic mass is 10.0. The van der Waals surface area contributed by atoms with Crippen molar-refractivity contribution in [1.82, 2.24) is 9.80 Å². The van der Waals surface area contributed by atoms with E-state index in [1.165, 1.54) is 0 Å². The van der Waals surface area contributed by atoms with Crippen LogP contribution >= 0.6 is 0 Å². The number of likely N-dealkylation sites (tertiary alicyclic amines) is 1. The topological polar surface area (TPSA) is 53.0 Å². The molecular formula is C22H26N2O3. The van der Waals surface area contributed by atoms with Crippen molar-refractivity contribution in [2.45, 2.75) is 31.1 Å². The molecule has 27 heavy (non-hydrogen) atoms. The number of nitrogens with zero attached hydrogens (tertiary/aromatic N) is 2. The fourth-order valence-electron chi connectivity index (χ4n) is 4.05. The number of carbonyl (C=O) groups excluding carboxylic acids is 1. The summed E-state index contributed by atoms with van der Waals surface area (Å²) >= 11 is 0. The third kappa shape index (κ3) is 3.84. The second-order valence-electron chi connectivity index (χ2n) is 7.50. The van der Waals surface area contributed by atoms with E-state index in [2.05, 4.69) is 17.0 Å². The summed E-state index contributed by atoms with van der Waals surface area (Å²) in [5.74, 6) is 0.808. The van der Waals surface area contributed by atoms with Crippen LogP contribution in [0.1, 0.15) is 23.6 Å². The maximum atomic E-state index is 13.2. The molecule has 0 spiro atoms. The van der Waals surface area contributed by atoms with E-state index in [4.69, 9.17) is 4.74 Å². The van der Waals surface area contributed by atoms with Crippen molar-refractivity contribution in [2.24, 2.45) is 0 Å². The van der Waals surface area contributed by atoms with E-state index in [9.17, 15) is 9.90 Å². The minimum Gasteiger partial charge on any atom is -0.480 e. The maximum Gasteiger partial charge on any atom is 0.264 e. The van der Waals surface area contributed by atoms with Crippen molar-refractivity contribution in [3.8, 4) is 5.75 Å². The molecule has 5 heteroatoms. The summed E-state index contributed by atoms with van der Waals surface area (Å²) in [7, 11) is 1.86. The first kappa shape index (κ1) is 18.0. The van der Waals surface area contributed by atoms with E-state index < -0.39 is 6.10 Å². The highest BCUT2D eigenvalue weighted by molar-refractivity contribution is 5.83. The average molecular weight is 366 g/mol. The molecule has 1 amide bonds. The van der Waals surface area contributed by atoms with E-state index in [1.54, 1.807) is 0 Å². The van der Waals surface area contributed by atoms with E-state index in [1.807, 2.05) is 54.4 Å². The standard InChI is InChI=1S/C22H26N2O3/c1-23(22(26)21-13-17-9-5-6-10-20(17)27-21)19(16-7-3-2-4-8-16)15-24-12-11-18(25)14-24/h2-10,18-19,21,25H,11-15H2,1H3/t18-,19?,21-/m0/s1. The molecule has 0 radical (unpaired) electrons. The Balaban J connectivity index is 1.51. The van der Waals surface area contributed by atoms with Crippen LogP contribution in [0.3, 0.4) is 0 Å². The van der Waals surface area contributed by atoms with Crippen LogP contribution in [0.4, 0.5) is 0 Å². The number of rotatable bonds is 5. The number of likely N-dealkylation sites (N-methyl/N-ethyl adjacent to an activating group) is 1. The van der Waals surface area contributed by atoms with Crippen molar-refractivity contribution < 1.29 is 14.6 Å². The van der Waals surface area contributed by atoms with Crippen LogP contribution < -0.4 is 4.74 Å². The summed E-state index contributed by atoms with van der Waals surface area (Å²) in [6, 6.07) is 17.9. The number of fused-ring (bicyclic) bond motifs is 1. The van der Waals surface area contributed by atoms with Crippen LogP contribution in [-0.4, -0.2) is 59.7 Å². The Morgan fingerprint density at radius 1 is 1.22 bits per heavy atom. The summed E-state index contributed by atoms with van der Waals surface area (Å²) in [6.45, 7) is 2.23. The predicted octanol–water partition coefficient (Wildman–Crippen LogP) is 2.26. The van der Waals surface area contributed by atoms with Crippen molar-refractivity contribution in [1.29, 1.82) is 0 Å².